The number of nitrogens with one attached hydrogen (secondary N) is 1. The molecule has 2 N–H and O–H groups in total. The van der Waals surface area contributed by atoms with Crippen LogP contribution in [0, 0.1) is 0 Å². The minimum absolute atomic E-state index is 0.0820. The zero-order chi connectivity index (χ0) is 18.0. The number of sulfonamides is 1. The highest BCUT2D eigenvalue weighted by atomic mass is 32.2. The topological polar surface area (TPSA) is 113 Å². The van der Waals surface area contributed by atoms with Gasteiger partial charge in [0.15, 0.2) is 0 Å². The molecule has 1 saturated heterocycles. The molecule has 1 atom stereocenters. The number of hydrogen-bond donors (Lipinski definition) is 2. The largest absolute Gasteiger partial charge is 0.493 e. The number of ether oxygens (including phenoxy) is 1. The van der Waals surface area contributed by atoms with Crippen LogP contribution in [0.3, 0.4) is 0 Å². The number of carboxylic acid groups (broad SMARTS) is 1. The number of nitrogens with zero attached hydrogens (tertiary/aromatic N) is 1. The van der Waals surface area contributed by atoms with Crippen molar-refractivity contribution in [1.82, 2.24) is 9.62 Å². The fourth-order valence-corrected chi connectivity index (χ4v) is 4.39. The molecule has 0 spiro atoms. The summed E-state index contributed by atoms with van der Waals surface area (Å²) in [6.07, 6.45) is 2.29. The van der Waals surface area contributed by atoms with Crippen molar-refractivity contribution in [2.75, 3.05) is 19.7 Å². The fraction of sp³-hybridized carbons (Fsp3) is 0.500. The van der Waals surface area contributed by atoms with Gasteiger partial charge in [0.05, 0.1) is 11.5 Å². The third-order valence-corrected chi connectivity index (χ3v) is 5.84. The van der Waals surface area contributed by atoms with Gasteiger partial charge in [0.1, 0.15) is 18.3 Å². The van der Waals surface area contributed by atoms with Gasteiger partial charge < -0.3 is 14.7 Å². The van der Waals surface area contributed by atoms with Crippen molar-refractivity contribution in [2.24, 2.45) is 0 Å². The molecule has 2 aliphatic rings. The van der Waals surface area contributed by atoms with Gasteiger partial charge in [0, 0.05) is 13.0 Å². The molecule has 8 nitrogen and oxygen atoms in total. The predicted octanol–water partition coefficient (Wildman–Crippen LogP) is 0.365. The Bertz CT molecular complexity index is 792. The second-order valence-electron chi connectivity index (χ2n) is 6.19. The Morgan fingerprint density at radius 2 is 2.16 bits per heavy atom. The number of carbonyl (C=O) groups excluding carboxylic acids is 1. The molecule has 9 heteroatoms. The molecule has 0 saturated carbocycles. The Morgan fingerprint density at radius 3 is 2.92 bits per heavy atom. The summed E-state index contributed by atoms with van der Waals surface area (Å²) in [4.78, 5) is 24.7. The zero-order valence-corrected chi connectivity index (χ0v) is 14.4. The second-order valence-corrected chi connectivity index (χ2v) is 7.91. The van der Waals surface area contributed by atoms with E-state index < -0.39 is 34.5 Å². The second kappa shape index (κ2) is 7.01. The lowest BCUT2D eigenvalue weighted by Gasteiger charge is -2.23. The molecule has 0 bridgehead atoms. The number of amides is 1. The first-order valence-electron chi connectivity index (χ1n) is 8.15. The predicted molar refractivity (Wildman–Crippen MR) is 87.8 cm³/mol. The number of carboxylic acids is 1. The summed E-state index contributed by atoms with van der Waals surface area (Å²) in [5.41, 5.74) is 0.822. The molecule has 0 radical (unpaired) electrons. The minimum atomic E-state index is -3.88. The highest BCUT2D eigenvalue weighted by Gasteiger charge is 2.32. The lowest BCUT2D eigenvalue weighted by atomic mass is 10.1. The monoisotopic (exact) mass is 368 g/mol. The number of hydrogen-bond acceptors (Lipinski definition) is 5. The lowest BCUT2D eigenvalue weighted by molar-refractivity contribution is -0.144. The lowest BCUT2D eigenvalue weighted by Crippen LogP contribution is -2.48. The molecule has 0 aliphatic carbocycles. The summed E-state index contributed by atoms with van der Waals surface area (Å²) in [5, 5.41) is 8.92. The minimum Gasteiger partial charge on any atom is -0.493 e. The quantitative estimate of drug-likeness (QED) is 0.776. The van der Waals surface area contributed by atoms with Gasteiger partial charge in [-0.2, -0.15) is 4.72 Å². The van der Waals surface area contributed by atoms with Gasteiger partial charge in [-0.1, -0.05) is 0 Å². The fourth-order valence-electron chi connectivity index (χ4n) is 3.12. The third-order valence-electron chi connectivity index (χ3n) is 4.38. The van der Waals surface area contributed by atoms with Crippen LogP contribution in [-0.2, 0) is 26.0 Å². The standard InChI is InChI=1S/C16H20N2O6S/c19-15(20)10-18-7-2-1-3-13(16(18)21)17-25(22,23)12-4-5-14-11(9-12)6-8-24-14/h4-5,9,13,17H,1-3,6-8,10H2,(H,19,20). The van der Waals surface area contributed by atoms with Crippen molar-refractivity contribution in [3.63, 3.8) is 0 Å². The van der Waals surface area contributed by atoms with E-state index in [1.54, 1.807) is 12.1 Å². The van der Waals surface area contributed by atoms with Crippen molar-refractivity contribution in [3.8, 4) is 5.75 Å². The van der Waals surface area contributed by atoms with E-state index >= 15 is 0 Å². The summed E-state index contributed by atoms with van der Waals surface area (Å²) < 4.78 is 33.1. The van der Waals surface area contributed by atoms with Crippen molar-refractivity contribution in [2.45, 2.75) is 36.6 Å². The summed E-state index contributed by atoms with van der Waals surface area (Å²) in [6, 6.07) is 3.67. The van der Waals surface area contributed by atoms with E-state index in [0.717, 1.165) is 5.56 Å². The smallest absolute Gasteiger partial charge is 0.323 e. The Hall–Kier alpha value is -2.13. The molecule has 25 heavy (non-hydrogen) atoms. The van der Waals surface area contributed by atoms with Crippen molar-refractivity contribution in [1.29, 1.82) is 0 Å². The number of likely N-dealkylation sites (tertiary alicyclic amines) is 1. The molecule has 1 fully saturated rings. The van der Waals surface area contributed by atoms with Crippen LogP contribution in [0.4, 0.5) is 0 Å². The van der Waals surface area contributed by atoms with Crippen LogP contribution in [0.1, 0.15) is 24.8 Å². The highest BCUT2D eigenvalue weighted by Crippen LogP contribution is 2.28. The van der Waals surface area contributed by atoms with Crippen LogP contribution in [0.15, 0.2) is 23.1 Å². The maximum absolute atomic E-state index is 12.6. The molecule has 2 heterocycles. The average Bonchev–Trinajstić information content (AvgIpc) is 2.96. The Kier molecular flexibility index (Phi) is 4.96. The molecule has 1 amide bonds. The van der Waals surface area contributed by atoms with Gasteiger partial charge in [-0.15, -0.1) is 0 Å². The maximum atomic E-state index is 12.6. The van der Waals surface area contributed by atoms with E-state index in [0.29, 0.717) is 44.6 Å². The summed E-state index contributed by atoms with van der Waals surface area (Å²) in [7, 11) is -3.88. The van der Waals surface area contributed by atoms with Gasteiger partial charge in [0.25, 0.3) is 0 Å². The molecule has 0 aromatic heterocycles. The molecule has 2 aliphatic heterocycles. The van der Waals surface area contributed by atoms with E-state index in [1.807, 2.05) is 0 Å². The normalized spacial score (nSPS) is 20.7. The third kappa shape index (κ3) is 3.93. The Morgan fingerprint density at radius 1 is 1.36 bits per heavy atom. The maximum Gasteiger partial charge on any atom is 0.323 e. The summed E-state index contributed by atoms with van der Waals surface area (Å²) >= 11 is 0. The van der Waals surface area contributed by atoms with E-state index in [-0.39, 0.29) is 4.90 Å². The molecule has 3 rings (SSSR count). The SMILES string of the molecule is O=C(O)CN1CCCCC(NS(=O)(=O)c2ccc3c(c2)CCO3)C1=O. The summed E-state index contributed by atoms with van der Waals surface area (Å²) in [5.74, 6) is -0.930. The van der Waals surface area contributed by atoms with E-state index in [1.165, 1.54) is 11.0 Å². The molecule has 136 valence electrons. The average molecular weight is 368 g/mol. The highest BCUT2D eigenvalue weighted by molar-refractivity contribution is 7.89. The molecular weight excluding hydrogens is 348 g/mol. The molecular formula is C16H20N2O6S. The van der Waals surface area contributed by atoms with Crippen LogP contribution in [-0.4, -0.2) is 56.0 Å². The van der Waals surface area contributed by atoms with E-state index in [2.05, 4.69) is 4.72 Å². The number of fused-ring (bicyclic) bond motifs is 1. The van der Waals surface area contributed by atoms with Crippen LogP contribution < -0.4 is 9.46 Å². The van der Waals surface area contributed by atoms with Crippen LogP contribution in [0.2, 0.25) is 0 Å². The Labute approximate surface area is 145 Å². The summed E-state index contributed by atoms with van der Waals surface area (Å²) in [6.45, 7) is 0.421. The molecule has 1 unspecified atom stereocenters. The Balaban J connectivity index is 1.79. The van der Waals surface area contributed by atoms with Gasteiger partial charge in [0.2, 0.25) is 15.9 Å². The van der Waals surface area contributed by atoms with Gasteiger partial charge in [-0.3, -0.25) is 9.59 Å². The number of benzene rings is 1. The first kappa shape index (κ1) is 17.7. The van der Waals surface area contributed by atoms with Crippen molar-refractivity contribution >= 4 is 21.9 Å². The van der Waals surface area contributed by atoms with Gasteiger partial charge in [-0.25, -0.2) is 8.42 Å². The van der Waals surface area contributed by atoms with Gasteiger partial charge >= 0.3 is 5.97 Å². The van der Waals surface area contributed by atoms with Gasteiger partial charge in [-0.05, 0) is 43.0 Å². The first-order valence-corrected chi connectivity index (χ1v) is 9.64. The zero-order valence-electron chi connectivity index (χ0n) is 13.6. The van der Waals surface area contributed by atoms with Crippen LogP contribution in [0.25, 0.3) is 0 Å². The molecule has 1 aromatic rings. The van der Waals surface area contributed by atoms with E-state index in [4.69, 9.17) is 9.84 Å². The van der Waals surface area contributed by atoms with E-state index in [9.17, 15) is 18.0 Å². The first-order chi connectivity index (χ1) is 11.9. The van der Waals surface area contributed by atoms with Crippen LogP contribution >= 0.6 is 0 Å². The number of carbonyl (C=O) groups is 2. The molecule has 1 aromatic carbocycles. The number of rotatable bonds is 5. The van der Waals surface area contributed by atoms with Crippen molar-refractivity contribution < 1.29 is 27.9 Å². The number of aliphatic carboxylic acids is 1. The van der Waals surface area contributed by atoms with Crippen molar-refractivity contribution in [3.05, 3.63) is 23.8 Å². The van der Waals surface area contributed by atoms with Crippen LogP contribution in [0.5, 0.6) is 5.75 Å².